The normalized spacial score (nSPS) is 10.3. The number of nitrogens with two attached hydrogens (primary N) is 2. The van der Waals surface area contributed by atoms with Crippen molar-refractivity contribution in [2.45, 2.75) is 20.5 Å². The molecule has 0 unspecified atom stereocenters. The van der Waals surface area contributed by atoms with Gasteiger partial charge in [-0.05, 0) is 53.5 Å². The lowest BCUT2D eigenvalue weighted by Gasteiger charge is -2.21. The van der Waals surface area contributed by atoms with Crippen LogP contribution in [0, 0.1) is 13.8 Å². The fourth-order valence-corrected chi connectivity index (χ4v) is 2.37. The van der Waals surface area contributed by atoms with Crippen molar-refractivity contribution < 1.29 is 9.53 Å². The first kappa shape index (κ1) is 17.2. The van der Waals surface area contributed by atoms with Gasteiger partial charge >= 0.3 is 6.03 Å². The number of hydrazine groups is 2. The summed E-state index contributed by atoms with van der Waals surface area (Å²) in [6.07, 6.45) is 0. The summed E-state index contributed by atoms with van der Waals surface area (Å²) in [5, 5.41) is 0.949. The zero-order chi connectivity index (χ0) is 17.0. The molecule has 23 heavy (non-hydrogen) atoms. The summed E-state index contributed by atoms with van der Waals surface area (Å²) in [5.41, 5.74) is 5.06. The minimum atomic E-state index is -0.619. The average molecular weight is 380 g/mol. The summed E-state index contributed by atoms with van der Waals surface area (Å²) < 4.78 is 6.54. The summed E-state index contributed by atoms with van der Waals surface area (Å²) >= 11 is 3.40. The number of ether oxygens (including phenoxy) is 1. The second-order valence-corrected chi connectivity index (χ2v) is 5.77. The van der Waals surface area contributed by atoms with Gasteiger partial charge in [0.1, 0.15) is 6.61 Å². The van der Waals surface area contributed by atoms with Gasteiger partial charge in [-0.25, -0.2) is 26.5 Å². The summed E-state index contributed by atoms with van der Waals surface area (Å²) in [6, 6.07) is 8.57. The lowest BCUT2D eigenvalue weighted by molar-refractivity contribution is 0.246. The van der Waals surface area contributed by atoms with E-state index in [0.29, 0.717) is 11.6 Å². The SMILES string of the molecule is Cc1ccc(Br)c(OCc2c(C)cccc2N(N)C(=O)NN)n1. The number of aromatic nitrogens is 1. The van der Waals surface area contributed by atoms with Crippen molar-refractivity contribution in [2.75, 3.05) is 5.01 Å². The van der Waals surface area contributed by atoms with E-state index in [1.165, 1.54) is 0 Å². The summed E-state index contributed by atoms with van der Waals surface area (Å²) in [7, 11) is 0. The number of amides is 2. The van der Waals surface area contributed by atoms with Crippen LogP contribution in [0.25, 0.3) is 0 Å². The number of carbonyl (C=O) groups excluding carboxylic acids is 1. The molecule has 0 aliphatic carbocycles. The fraction of sp³-hybridized carbons (Fsp3) is 0.200. The molecule has 0 saturated heterocycles. The average Bonchev–Trinajstić information content (AvgIpc) is 2.55. The molecule has 122 valence electrons. The van der Waals surface area contributed by atoms with Crippen LogP contribution in [0.5, 0.6) is 5.88 Å². The molecule has 2 aromatic rings. The van der Waals surface area contributed by atoms with Crippen LogP contribution in [-0.4, -0.2) is 11.0 Å². The van der Waals surface area contributed by atoms with Crippen LogP contribution in [0.3, 0.4) is 0 Å². The molecule has 0 saturated carbocycles. The number of aryl methyl sites for hydroxylation is 2. The number of pyridine rings is 1. The Balaban J connectivity index is 2.29. The van der Waals surface area contributed by atoms with Gasteiger partial charge in [0.15, 0.2) is 0 Å². The molecule has 0 radical (unpaired) electrons. The van der Waals surface area contributed by atoms with Gasteiger partial charge in [0.25, 0.3) is 0 Å². The Bertz CT molecular complexity index is 723. The monoisotopic (exact) mass is 379 g/mol. The van der Waals surface area contributed by atoms with Gasteiger partial charge < -0.3 is 4.74 Å². The molecule has 0 fully saturated rings. The van der Waals surface area contributed by atoms with E-state index in [0.717, 1.165) is 26.3 Å². The lowest BCUT2D eigenvalue weighted by Crippen LogP contribution is -2.48. The first-order valence-corrected chi connectivity index (χ1v) is 7.63. The third kappa shape index (κ3) is 3.98. The quantitative estimate of drug-likeness (QED) is 0.429. The Labute approximate surface area is 142 Å². The van der Waals surface area contributed by atoms with E-state index in [1.54, 1.807) is 12.1 Å². The molecule has 1 heterocycles. The van der Waals surface area contributed by atoms with E-state index in [2.05, 4.69) is 20.9 Å². The van der Waals surface area contributed by atoms with Crippen molar-refractivity contribution in [3.63, 3.8) is 0 Å². The second kappa shape index (κ2) is 7.40. The predicted molar refractivity (Wildman–Crippen MR) is 91.6 cm³/mol. The van der Waals surface area contributed by atoms with Crippen molar-refractivity contribution in [1.29, 1.82) is 0 Å². The second-order valence-electron chi connectivity index (χ2n) is 4.92. The molecule has 1 aromatic heterocycles. The van der Waals surface area contributed by atoms with Crippen LogP contribution in [0.1, 0.15) is 16.8 Å². The molecule has 7 nitrogen and oxygen atoms in total. The van der Waals surface area contributed by atoms with Crippen molar-refractivity contribution >= 4 is 27.6 Å². The predicted octanol–water partition coefficient (Wildman–Crippen LogP) is 2.30. The number of urea groups is 1. The van der Waals surface area contributed by atoms with Gasteiger partial charge in [0.2, 0.25) is 5.88 Å². The van der Waals surface area contributed by atoms with Gasteiger partial charge in [-0.2, -0.15) is 0 Å². The number of nitrogens with zero attached hydrogens (tertiary/aromatic N) is 2. The highest BCUT2D eigenvalue weighted by Gasteiger charge is 2.16. The van der Waals surface area contributed by atoms with E-state index >= 15 is 0 Å². The van der Waals surface area contributed by atoms with Gasteiger partial charge in [-0.1, -0.05) is 12.1 Å². The Hall–Kier alpha value is -2.16. The number of hydrogen-bond donors (Lipinski definition) is 3. The molecule has 0 atom stereocenters. The van der Waals surface area contributed by atoms with Crippen LogP contribution in [0.15, 0.2) is 34.8 Å². The smallest absolute Gasteiger partial charge is 0.350 e. The van der Waals surface area contributed by atoms with Gasteiger partial charge in [-0.15, -0.1) is 0 Å². The standard InChI is InChI=1S/C15H18BrN5O2/c1-9-4-3-5-13(21(18)15(22)20-17)11(9)8-23-14-12(16)7-6-10(2)19-14/h3-7H,8,17-18H2,1-2H3,(H,20,22). The highest BCUT2D eigenvalue weighted by Crippen LogP contribution is 2.27. The summed E-state index contributed by atoms with van der Waals surface area (Å²) in [5.74, 6) is 11.4. The maximum atomic E-state index is 11.7. The largest absolute Gasteiger partial charge is 0.472 e. The van der Waals surface area contributed by atoms with Crippen LogP contribution in [0.4, 0.5) is 10.5 Å². The van der Waals surface area contributed by atoms with Gasteiger partial charge in [0, 0.05) is 11.3 Å². The number of carbonyl (C=O) groups is 1. The molecule has 5 N–H and O–H groups in total. The number of hydrogen-bond acceptors (Lipinski definition) is 5. The molecular weight excluding hydrogens is 362 g/mol. The molecule has 0 aliphatic heterocycles. The topological polar surface area (TPSA) is 106 Å². The van der Waals surface area contributed by atoms with Crippen LogP contribution >= 0.6 is 15.9 Å². The van der Waals surface area contributed by atoms with Gasteiger partial charge in [0.05, 0.1) is 10.2 Å². The molecular formula is C15H18BrN5O2. The number of benzene rings is 1. The van der Waals surface area contributed by atoms with E-state index < -0.39 is 6.03 Å². The molecule has 8 heteroatoms. The first-order chi connectivity index (χ1) is 10.9. The minimum Gasteiger partial charge on any atom is -0.472 e. The number of nitrogens with one attached hydrogen (secondary N) is 1. The fourth-order valence-electron chi connectivity index (χ4n) is 2.04. The van der Waals surface area contributed by atoms with E-state index in [1.807, 2.05) is 37.5 Å². The lowest BCUT2D eigenvalue weighted by atomic mass is 10.1. The van der Waals surface area contributed by atoms with Crippen LogP contribution < -0.4 is 26.9 Å². The van der Waals surface area contributed by atoms with E-state index in [4.69, 9.17) is 16.4 Å². The van der Waals surface area contributed by atoms with Crippen LogP contribution in [0.2, 0.25) is 0 Å². The Morgan fingerprint density at radius 3 is 2.78 bits per heavy atom. The molecule has 0 spiro atoms. The third-order valence-electron chi connectivity index (χ3n) is 3.29. The highest BCUT2D eigenvalue weighted by atomic mass is 79.9. The van der Waals surface area contributed by atoms with Gasteiger partial charge in [-0.3, -0.25) is 5.43 Å². The number of rotatable bonds is 4. The minimum absolute atomic E-state index is 0.211. The van der Waals surface area contributed by atoms with Crippen molar-refractivity contribution in [1.82, 2.24) is 10.4 Å². The third-order valence-corrected chi connectivity index (χ3v) is 3.90. The van der Waals surface area contributed by atoms with Crippen molar-refractivity contribution in [3.05, 3.63) is 51.6 Å². The number of anilines is 1. The zero-order valence-electron chi connectivity index (χ0n) is 12.8. The van der Waals surface area contributed by atoms with Crippen molar-refractivity contribution in [2.24, 2.45) is 11.7 Å². The maximum Gasteiger partial charge on any atom is 0.350 e. The maximum absolute atomic E-state index is 11.7. The molecule has 2 rings (SSSR count). The van der Waals surface area contributed by atoms with Crippen LogP contribution in [-0.2, 0) is 6.61 Å². The molecule has 1 aromatic carbocycles. The summed E-state index contributed by atoms with van der Waals surface area (Å²) in [4.78, 5) is 16.0. The molecule has 0 aliphatic rings. The first-order valence-electron chi connectivity index (χ1n) is 6.84. The molecule has 0 bridgehead atoms. The zero-order valence-corrected chi connectivity index (χ0v) is 14.4. The highest BCUT2D eigenvalue weighted by molar-refractivity contribution is 9.10. The molecule has 2 amide bonds. The Morgan fingerprint density at radius 2 is 2.09 bits per heavy atom. The Kier molecular flexibility index (Phi) is 5.54. The van der Waals surface area contributed by atoms with E-state index in [9.17, 15) is 4.79 Å². The number of halogens is 1. The summed E-state index contributed by atoms with van der Waals surface area (Å²) in [6.45, 7) is 4.00. The van der Waals surface area contributed by atoms with Crippen molar-refractivity contribution in [3.8, 4) is 5.88 Å². The van der Waals surface area contributed by atoms with E-state index in [-0.39, 0.29) is 6.61 Å². The Morgan fingerprint density at radius 1 is 1.35 bits per heavy atom.